The van der Waals surface area contributed by atoms with E-state index in [0.29, 0.717) is 18.0 Å². The number of hydrogen-bond donors (Lipinski definition) is 1. The minimum atomic E-state index is -1.35. The van der Waals surface area contributed by atoms with Gasteiger partial charge < -0.3 is 5.32 Å². The monoisotopic (exact) mass is 499 g/mol. The second kappa shape index (κ2) is 9.87. The number of pyridine rings is 1. The molecule has 0 saturated carbocycles. The van der Waals surface area contributed by atoms with Gasteiger partial charge in [0, 0.05) is 16.8 Å². The number of hydrogen-bond acceptors (Lipinski definition) is 4. The van der Waals surface area contributed by atoms with Gasteiger partial charge in [-0.25, -0.2) is 0 Å². The Bertz CT molecular complexity index is 1010. The van der Waals surface area contributed by atoms with E-state index < -0.39 is 14.1 Å². The fourth-order valence-corrected chi connectivity index (χ4v) is 4.65. The molecule has 0 spiro atoms. The molecule has 0 bridgehead atoms. The minimum Gasteiger partial charge on any atom is -0.342 e. The first kappa shape index (κ1) is 23.3. The second-order valence-corrected chi connectivity index (χ2v) is 15.7. The van der Waals surface area contributed by atoms with Gasteiger partial charge in [0.1, 0.15) is 11.7 Å². The molecule has 31 heavy (non-hydrogen) atoms. The van der Waals surface area contributed by atoms with Crippen molar-refractivity contribution in [2.45, 2.75) is 58.0 Å². The van der Waals surface area contributed by atoms with Crippen LogP contribution in [0.3, 0.4) is 0 Å². The summed E-state index contributed by atoms with van der Waals surface area (Å²) in [6.45, 7) is 11.2. The smallest absolute Gasteiger partial charge is 0.225 e. The van der Waals surface area contributed by atoms with Crippen LogP contribution in [-0.2, 0) is 17.4 Å². The molecule has 0 aliphatic rings. The average molecular weight is 501 g/mol. The molecule has 1 aromatic carbocycles. The largest absolute Gasteiger partial charge is 0.342 e. The fraction of sp³-hybridized carbons (Fsp3) is 0.391. The van der Waals surface area contributed by atoms with Crippen LogP contribution in [0.5, 0.6) is 0 Å². The van der Waals surface area contributed by atoms with Gasteiger partial charge in [-0.3, -0.25) is 14.5 Å². The topological polar surface area (TPSA) is 72.7 Å². The third kappa shape index (κ3) is 6.83. The Kier molecular flexibility index (Phi) is 7.43. The van der Waals surface area contributed by atoms with E-state index >= 15 is 0 Å². The number of benzene rings is 1. The molecule has 0 aliphatic carbocycles. The van der Waals surface area contributed by atoms with Crippen LogP contribution in [0.25, 0.3) is 0 Å². The lowest BCUT2D eigenvalue weighted by atomic mass is 10.0. The third-order valence-corrected chi connectivity index (χ3v) is 6.59. The number of carbonyl (C=O) groups is 1. The highest BCUT2D eigenvalue weighted by Crippen LogP contribution is 2.21. The van der Waals surface area contributed by atoms with Gasteiger partial charge in [0.2, 0.25) is 5.91 Å². The Balaban J connectivity index is 1.80. The Labute approximate surface area is 193 Å². The molecule has 8 heteroatoms. The number of rotatable bonds is 8. The second-order valence-electron chi connectivity index (χ2n) is 9.38. The van der Waals surface area contributed by atoms with Gasteiger partial charge >= 0.3 is 0 Å². The number of nitrogens with one attached hydrogen (secondary N) is 1. The normalized spacial score (nSPS) is 12.7. The molecule has 164 valence electrons. The highest BCUT2D eigenvalue weighted by Gasteiger charge is 2.23. The molecule has 0 radical (unpaired) electrons. The summed E-state index contributed by atoms with van der Waals surface area (Å²) >= 11 is 3.42. The van der Waals surface area contributed by atoms with E-state index in [1.165, 1.54) is 5.56 Å². The van der Waals surface area contributed by atoms with Crippen LogP contribution in [-0.4, -0.2) is 34.0 Å². The van der Waals surface area contributed by atoms with E-state index in [4.69, 9.17) is 0 Å². The third-order valence-electron chi connectivity index (χ3n) is 4.85. The van der Waals surface area contributed by atoms with Gasteiger partial charge in [-0.05, 0) is 45.1 Å². The summed E-state index contributed by atoms with van der Waals surface area (Å²) in [5.74, 6) is 0.390. The Morgan fingerprint density at radius 3 is 2.39 bits per heavy atom. The van der Waals surface area contributed by atoms with Crippen LogP contribution in [0.4, 0.5) is 0 Å². The zero-order valence-corrected chi connectivity index (χ0v) is 21.3. The number of amides is 1. The highest BCUT2D eigenvalue weighted by molar-refractivity contribution is 9.10. The van der Waals surface area contributed by atoms with Crippen LogP contribution in [0, 0.1) is 0 Å². The van der Waals surface area contributed by atoms with Crippen molar-refractivity contribution in [3.05, 3.63) is 75.8 Å². The van der Waals surface area contributed by atoms with Crippen molar-refractivity contribution < 1.29 is 4.79 Å². The molecule has 2 aromatic heterocycles. The van der Waals surface area contributed by atoms with Crippen LogP contribution >= 0.6 is 15.9 Å². The maximum atomic E-state index is 12.9. The van der Waals surface area contributed by atoms with Crippen molar-refractivity contribution in [3.8, 4) is 0 Å². The molecule has 0 saturated heterocycles. The highest BCUT2D eigenvalue weighted by atomic mass is 79.9. The number of nitrogens with zero attached hydrogens (tertiary/aromatic N) is 4. The quantitative estimate of drug-likeness (QED) is 0.448. The summed E-state index contributed by atoms with van der Waals surface area (Å²) < 4.78 is 2.76. The van der Waals surface area contributed by atoms with Gasteiger partial charge in [0.15, 0.2) is 0 Å². The first-order valence-corrected chi connectivity index (χ1v) is 15.0. The molecule has 3 aromatic rings. The van der Waals surface area contributed by atoms with E-state index in [9.17, 15) is 4.79 Å². The van der Waals surface area contributed by atoms with Crippen molar-refractivity contribution in [2.24, 2.45) is 0 Å². The predicted molar refractivity (Wildman–Crippen MR) is 130 cm³/mol. The van der Waals surface area contributed by atoms with Crippen LogP contribution in [0.15, 0.2) is 53.3 Å². The summed E-state index contributed by atoms with van der Waals surface area (Å²) in [5.41, 5.74) is 3.66. The number of aromatic nitrogens is 4. The van der Waals surface area contributed by atoms with Crippen molar-refractivity contribution >= 4 is 29.9 Å². The van der Waals surface area contributed by atoms with E-state index in [-0.39, 0.29) is 5.91 Å². The average Bonchev–Trinajstić information content (AvgIpc) is 3.13. The van der Waals surface area contributed by atoms with Gasteiger partial charge in [-0.1, -0.05) is 63.0 Å². The standard InChI is InChI=1S/C23H30BrN5OSi/c1-16(2)18-8-6-17(7-9-18)12-22(30)26-23(20-11-10-19(24)13-25-20)21-14-29(28-27-21)15-31(3,4)5/h6-11,13-14,16,23H,12,15H2,1-5H3,(H,26,30)/t23-/m0/s1. The summed E-state index contributed by atoms with van der Waals surface area (Å²) in [7, 11) is -1.35. The van der Waals surface area contributed by atoms with Gasteiger partial charge in [-0.15, -0.1) is 5.10 Å². The summed E-state index contributed by atoms with van der Waals surface area (Å²) in [6.07, 6.45) is 4.82. The molecule has 1 amide bonds. The summed E-state index contributed by atoms with van der Waals surface area (Å²) in [6, 6.07) is 11.6. The van der Waals surface area contributed by atoms with Crippen LogP contribution in [0.1, 0.15) is 48.3 Å². The molecule has 1 N–H and O–H groups in total. The predicted octanol–water partition coefficient (Wildman–Crippen LogP) is 4.88. The Hall–Kier alpha value is -2.32. The van der Waals surface area contributed by atoms with Gasteiger partial charge in [-0.2, -0.15) is 0 Å². The molecular formula is C23H30BrN5OSi. The van der Waals surface area contributed by atoms with Crippen LogP contribution in [0.2, 0.25) is 19.6 Å². The minimum absolute atomic E-state index is 0.0771. The lowest BCUT2D eigenvalue weighted by molar-refractivity contribution is -0.121. The summed E-state index contributed by atoms with van der Waals surface area (Å²) in [4.78, 5) is 17.4. The van der Waals surface area contributed by atoms with Crippen molar-refractivity contribution in [1.29, 1.82) is 0 Å². The first-order chi connectivity index (χ1) is 14.6. The van der Waals surface area contributed by atoms with Gasteiger partial charge in [0.05, 0.1) is 26.4 Å². The van der Waals surface area contributed by atoms with E-state index in [1.807, 2.05) is 35.1 Å². The first-order valence-electron chi connectivity index (χ1n) is 10.5. The maximum Gasteiger partial charge on any atom is 0.225 e. The molecular weight excluding hydrogens is 470 g/mol. The number of carbonyl (C=O) groups excluding carboxylic acids is 1. The zero-order valence-electron chi connectivity index (χ0n) is 18.8. The maximum absolute atomic E-state index is 12.9. The molecule has 2 heterocycles. The fourth-order valence-electron chi connectivity index (χ4n) is 3.28. The zero-order chi connectivity index (χ0) is 22.6. The molecule has 3 rings (SSSR count). The SMILES string of the molecule is CC(C)c1ccc(CC(=O)N[C@@H](c2ccc(Br)cn2)c2cn(C[Si](C)(C)C)nn2)cc1. The molecule has 0 unspecified atom stereocenters. The number of halogens is 1. The van der Waals surface area contributed by atoms with E-state index in [0.717, 1.165) is 21.9 Å². The van der Waals surface area contributed by atoms with Crippen LogP contribution < -0.4 is 5.32 Å². The molecule has 1 atom stereocenters. The summed E-state index contributed by atoms with van der Waals surface area (Å²) in [5, 5.41) is 11.8. The van der Waals surface area contributed by atoms with Gasteiger partial charge in [0.25, 0.3) is 0 Å². The van der Waals surface area contributed by atoms with Crippen molar-refractivity contribution in [1.82, 2.24) is 25.3 Å². The molecule has 0 fully saturated rings. The molecule has 6 nitrogen and oxygen atoms in total. The lowest BCUT2D eigenvalue weighted by Gasteiger charge is -2.17. The lowest BCUT2D eigenvalue weighted by Crippen LogP contribution is -2.31. The molecule has 0 aliphatic heterocycles. The Morgan fingerprint density at radius 1 is 1.10 bits per heavy atom. The van der Waals surface area contributed by atoms with Crippen molar-refractivity contribution in [2.75, 3.05) is 0 Å². The Morgan fingerprint density at radius 2 is 1.81 bits per heavy atom. The van der Waals surface area contributed by atoms with E-state index in [2.05, 4.69) is 82.2 Å². The van der Waals surface area contributed by atoms with Crippen molar-refractivity contribution in [3.63, 3.8) is 0 Å². The van der Waals surface area contributed by atoms with E-state index in [1.54, 1.807) is 6.20 Å².